The average molecular weight is 408 g/mol. The van der Waals surface area contributed by atoms with Crippen LogP contribution in [0, 0.1) is 0 Å². The van der Waals surface area contributed by atoms with Crippen molar-refractivity contribution in [3.05, 3.63) is 82.1 Å². The van der Waals surface area contributed by atoms with E-state index in [2.05, 4.69) is 15.3 Å². The van der Waals surface area contributed by atoms with Crippen LogP contribution in [0.4, 0.5) is 5.95 Å². The van der Waals surface area contributed by atoms with Crippen molar-refractivity contribution in [2.75, 3.05) is 12.4 Å². The molecule has 1 atom stereocenters. The minimum atomic E-state index is -0.350. The number of nitrogens with zero attached hydrogens (tertiary/aromatic N) is 2. The molecule has 4 rings (SSSR count). The minimum absolute atomic E-state index is 0.00876. The molecule has 146 valence electrons. The van der Waals surface area contributed by atoms with E-state index in [1.54, 1.807) is 30.3 Å². The summed E-state index contributed by atoms with van der Waals surface area (Å²) in [7, 11) is 1.54. The van der Waals surface area contributed by atoms with Gasteiger partial charge in [-0.3, -0.25) is 14.9 Å². The molecule has 0 fully saturated rings. The molecule has 3 aromatic rings. The van der Waals surface area contributed by atoms with Crippen molar-refractivity contribution in [3.63, 3.8) is 0 Å². The maximum Gasteiger partial charge on any atom is 0.258 e. The summed E-state index contributed by atoms with van der Waals surface area (Å²) in [6, 6.07) is 14.3. The lowest BCUT2D eigenvalue weighted by Crippen LogP contribution is -2.22. The Bertz CT molecular complexity index is 1100. The predicted molar refractivity (Wildman–Crippen MR) is 110 cm³/mol. The fourth-order valence-electron chi connectivity index (χ4n) is 3.44. The van der Waals surface area contributed by atoms with Crippen LogP contribution in [-0.2, 0) is 6.42 Å². The molecule has 0 bridgehead atoms. The molecule has 1 aromatic heterocycles. The van der Waals surface area contributed by atoms with Gasteiger partial charge < -0.3 is 4.74 Å². The zero-order valence-corrected chi connectivity index (χ0v) is 16.4. The summed E-state index contributed by atoms with van der Waals surface area (Å²) < 4.78 is 5.15. The van der Waals surface area contributed by atoms with Crippen LogP contribution >= 0.6 is 11.6 Å². The Hall–Kier alpha value is -3.25. The van der Waals surface area contributed by atoms with Crippen LogP contribution in [0.2, 0.25) is 5.02 Å². The van der Waals surface area contributed by atoms with Gasteiger partial charge in [0.15, 0.2) is 5.78 Å². The van der Waals surface area contributed by atoms with Crippen LogP contribution < -0.4 is 10.1 Å². The Morgan fingerprint density at radius 3 is 2.79 bits per heavy atom. The number of nitrogens with one attached hydrogen (secondary N) is 1. The predicted octanol–water partition coefficient (Wildman–Crippen LogP) is 4.30. The zero-order valence-electron chi connectivity index (χ0n) is 15.7. The molecule has 0 radical (unpaired) electrons. The highest BCUT2D eigenvalue weighted by Gasteiger charge is 2.28. The van der Waals surface area contributed by atoms with Crippen molar-refractivity contribution < 1.29 is 14.3 Å². The van der Waals surface area contributed by atoms with Gasteiger partial charge in [0.05, 0.1) is 18.4 Å². The first-order chi connectivity index (χ1) is 14.0. The van der Waals surface area contributed by atoms with Crippen molar-refractivity contribution in [2.24, 2.45) is 0 Å². The van der Waals surface area contributed by atoms with Crippen LogP contribution in [0.5, 0.6) is 5.75 Å². The van der Waals surface area contributed by atoms with Gasteiger partial charge in [-0.1, -0.05) is 29.8 Å². The molecule has 0 spiro atoms. The number of halogens is 1. The number of anilines is 1. The van der Waals surface area contributed by atoms with Gasteiger partial charge in [0.2, 0.25) is 5.95 Å². The third-order valence-electron chi connectivity index (χ3n) is 4.92. The summed E-state index contributed by atoms with van der Waals surface area (Å²) in [5.41, 5.74) is 2.56. The van der Waals surface area contributed by atoms with E-state index < -0.39 is 0 Å². The van der Waals surface area contributed by atoms with Crippen LogP contribution in [0.1, 0.15) is 44.3 Å². The van der Waals surface area contributed by atoms with E-state index in [0.717, 1.165) is 5.56 Å². The van der Waals surface area contributed by atoms with Gasteiger partial charge in [-0.15, -0.1) is 0 Å². The normalized spacial score (nSPS) is 15.5. The van der Waals surface area contributed by atoms with Crippen molar-refractivity contribution in [1.82, 2.24) is 9.97 Å². The SMILES string of the molecule is COc1cccc(C(=O)Nc2ncc3c(n2)C[C@@H](c2cccc(Cl)c2)CC3=O)c1. The monoisotopic (exact) mass is 407 g/mol. The molecular formula is C22H18ClN3O3. The highest BCUT2D eigenvalue weighted by atomic mass is 35.5. The fraction of sp³-hybridized carbons (Fsp3) is 0.182. The number of Topliss-reactive ketones (excluding diaryl/α,β-unsaturated/α-hetero) is 1. The molecule has 6 nitrogen and oxygen atoms in total. The third-order valence-corrected chi connectivity index (χ3v) is 5.15. The van der Waals surface area contributed by atoms with E-state index >= 15 is 0 Å². The van der Waals surface area contributed by atoms with Gasteiger partial charge in [-0.25, -0.2) is 9.97 Å². The molecule has 1 aliphatic carbocycles. The lowest BCUT2D eigenvalue weighted by atomic mass is 9.82. The quantitative estimate of drug-likeness (QED) is 0.697. The molecule has 1 N–H and O–H groups in total. The van der Waals surface area contributed by atoms with E-state index in [1.165, 1.54) is 13.3 Å². The van der Waals surface area contributed by atoms with Crippen LogP contribution in [0.3, 0.4) is 0 Å². The first-order valence-electron chi connectivity index (χ1n) is 9.13. The number of rotatable bonds is 4. The first kappa shape index (κ1) is 19.1. The van der Waals surface area contributed by atoms with Crippen molar-refractivity contribution >= 4 is 29.2 Å². The highest BCUT2D eigenvalue weighted by molar-refractivity contribution is 6.30. The number of ketones is 1. The second kappa shape index (κ2) is 8.01. The Balaban J connectivity index is 1.57. The number of aromatic nitrogens is 2. The second-order valence-corrected chi connectivity index (χ2v) is 7.26. The lowest BCUT2D eigenvalue weighted by Gasteiger charge is -2.23. The largest absolute Gasteiger partial charge is 0.497 e. The van der Waals surface area contributed by atoms with Gasteiger partial charge in [0, 0.05) is 23.2 Å². The summed E-state index contributed by atoms with van der Waals surface area (Å²) in [4.78, 5) is 33.7. The summed E-state index contributed by atoms with van der Waals surface area (Å²) in [6.45, 7) is 0. The summed E-state index contributed by atoms with van der Waals surface area (Å²) in [5, 5.41) is 3.32. The fourth-order valence-corrected chi connectivity index (χ4v) is 3.64. The number of ether oxygens (including phenoxy) is 1. The van der Waals surface area contributed by atoms with Crippen molar-refractivity contribution in [3.8, 4) is 5.75 Å². The van der Waals surface area contributed by atoms with E-state index in [1.807, 2.05) is 18.2 Å². The molecule has 0 unspecified atom stereocenters. The zero-order chi connectivity index (χ0) is 20.4. The summed E-state index contributed by atoms with van der Waals surface area (Å²) >= 11 is 6.10. The molecule has 1 heterocycles. The number of hydrogen-bond acceptors (Lipinski definition) is 5. The van der Waals surface area contributed by atoms with Crippen LogP contribution in [-0.4, -0.2) is 28.8 Å². The highest BCUT2D eigenvalue weighted by Crippen LogP contribution is 2.33. The van der Waals surface area contributed by atoms with Gasteiger partial charge in [-0.2, -0.15) is 0 Å². The van der Waals surface area contributed by atoms with Gasteiger partial charge in [0.25, 0.3) is 5.91 Å². The molecule has 1 amide bonds. The second-order valence-electron chi connectivity index (χ2n) is 6.82. The molecule has 2 aromatic carbocycles. The molecule has 0 saturated carbocycles. The number of amides is 1. The third kappa shape index (κ3) is 4.12. The molecule has 0 aliphatic heterocycles. The van der Waals surface area contributed by atoms with Crippen LogP contribution in [0.15, 0.2) is 54.7 Å². The van der Waals surface area contributed by atoms with E-state index in [4.69, 9.17) is 16.3 Å². The van der Waals surface area contributed by atoms with Crippen LogP contribution in [0.25, 0.3) is 0 Å². The number of hydrogen-bond donors (Lipinski definition) is 1. The van der Waals surface area contributed by atoms with E-state index in [9.17, 15) is 9.59 Å². The Labute approximate surface area is 172 Å². The smallest absolute Gasteiger partial charge is 0.258 e. The first-order valence-corrected chi connectivity index (χ1v) is 9.51. The number of carbonyl (C=O) groups is 2. The topological polar surface area (TPSA) is 81.2 Å². The number of fused-ring (bicyclic) bond motifs is 1. The maximum absolute atomic E-state index is 12.6. The minimum Gasteiger partial charge on any atom is -0.497 e. The number of benzene rings is 2. The Kier molecular flexibility index (Phi) is 5.27. The maximum atomic E-state index is 12.6. The van der Waals surface area contributed by atoms with Gasteiger partial charge in [-0.05, 0) is 48.2 Å². The summed E-state index contributed by atoms with van der Waals surface area (Å²) in [6.07, 6.45) is 2.44. The molecular weight excluding hydrogens is 390 g/mol. The van der Waals surface area contributed by atoms with Crippen molar-refractivity contribution in [2.45, 2.75) is 18.8 Å². The van der Waals surface area contributed by atoms with Gasteiger partial charge in [0.1, 0.15) is 5.75 Å². The average Bonchev–Trinajstić information content (AvgIpc) is 2.73. The van der Waals surface area contributed by atoms with Crippen molar-refractivity contribution in [1.29, 1.82) is 0 Å². The summed E-state index contributed by atoms with van der Waals surface area (Å²) in [5.74, 6) is 0.375. The number of carbonyl (C=O) groups excluding carboxylic acids is 2. The lowest BCUT2D eigenvalue weighted by molar-refractivity contribution is 0.0962. The Morgan fingerprint density at radius 1 is 1.17 bits per heavy atom. The molecule has 7 heteroatoms. The standard InChI is InChI=1S/C22H18ClN3O3/c1-29-17-7-3-5-14(9-17)21(28)26-22-24-12-18-19(25-22)10-15(11-20(18)27)13-4-2-6-16(23)8-13/h2-9,12,15H,10-11H2,1H3,(H,24,25,26,28)/t15-/m1/s1. The molecule has 0 saturated heterocycles. The van der Waals surface area contributed by atoms with E-state index in [-0.39, 0.29) is 23.6 Å². The Morgan fingerprint density at radius 2 is 2.00 bits per heavy atom. The molecule has 1 aliphatic rings. The van der Waals surface area contributed by atoms with E-state index in [0.29, 0.717) is 40.4 Å². The molecule has 29 heavy (non-hydrogen) atoms. The van der Waals surface area contributed by atoms with Gasteiger partial charge >= 0.3 is 0 Å². The number of methoxy groups -OCH3 is 1.